The molecule has 0 fully saturated rings. The van der Waals surface area contributed by atoms with Crippen molar-refractivity contribution < 1.29 is 33.3 Å². The van der Waals surface area contributed by atoms with Gasteiger partial charge >= 0.3 is 5.97 Å². The Balaban J connectivity index is 1.61. The van der Waals surface area contributed by atoms with E-state index in [9.17, 15) is 9.59 Å². The van der Waals surface area contributed by atoms with E-state index in [0.717, 1.165) is 11.1 Å². The number of ether oxygens (including phenoxy) is 5. The minimum Gasteiger partial charge on any atom is -0.493 e. The summed E-state index contributed by atoms with van der Waals surface area (Å²) in [6, 6.07) is 15.4. The van der Waals surface area contributed by atoms with Crippen LogP contribution in [-0.4, -0.2) is 46.0 Å². The van der Waals surface area contributed by atoms with Crippen LogP contribution in [0.25, 0.3) is 0 Å². The number of hydrazone groups is 1. The van der Waals surface area contributed by atoms with Crippen LogP contribution in [0.3, 0.4) is 0 Å². The number of esters is 1. The van der Waals surface area contributed by atoms with E-state index in [1.807, 2.05) is 32.0 Å². The highest BCUT2D eigenvalue weighted by Crippen LogP contribution is 2.38. The Kier molecular flexibility index (Phi) is 8.88. The lowest BCUT2D eigenvalue weighted by Crippen LogP contribution is -2.24. The van der Waals surface area contributed by atoms with Crippen LogP contribution in [0.4, 0.5) is 0 Å². The van der Waals surface area contributed by atoms with E-state index in [0.29, 0.717) is 34.3 Å². The standard InChI is InChI=1S/C27H28N2O7/c1-17-8-6-11-22(18(17)2)35-16-25(30)29-28-15-19-9-7-10-21(12-19)36-27(31)20-13-23(32-3)26(34-5)24(14-20)33-4/h6-15H,16H2,1-5H3,(H,29,30)/b28-15+. The normalized spacial score (nSPS) is 10.6. The molecule has 3 aromatic rings. The zero-order valence-electron chi connectivity index (χ0n) is 20.8. The van der Waals surface area contributed by atoms with Crippen LogP contribution in [0.1, 0.15) is 27.0 Å². The van der Waals surface area contributed by atoms with Gasteiger partial charge in [-0.2, -0.15) is 5.10 Å². The summed E-state index contributed by atoms with van der Waals surface area (Å²) in [5, 5.41) is 3.94. The average molecular weight is 493 g/mol. The molecule has 0 saturated heterocycles. The molecule has 0 atom stereocenters. The first-order chi connectivity index (χ1) is 17.4. The van der Waals surface area contributed by atoms with Crippen molar-refractivity contribution in [2.24, 2.45) is 5.10 Å². The van der Waals surface area contributed by atoms with Gasteiger partial charge in [0.1, 0.15) is 11.5 Å². The van der Waals surface area contributed by atoms with Gasteiger partial charge in [0.2, 0.25) is 5.75 Å². The van der Waals surface area contributed by atoms with Crippen LogP contribution in [0.15, 0.2) is 59.7 Å². The number of methoxy groups -OCH3 is 3. The zero-order valence-corrected chi connectivity index (χ0v) is 20.8. The summed E-state index contributed by atoms with van der Waals surface area (Å²) < 4.78 is 26.9. The van der Waals surface area contributed by atoms with E-state index in [1.54, 1.807) is 24.3 Å². The maximum atomic E-state index is 12.7. The van der Waals surface area contributed by atoms with Gasteiger partial charge in [0, 0.05) is 0 Å². The lowest BCUT2D eigenvalue weighted by atomic mass is 10.1. The molecule has 0 heterocycles. The Morgan fingerprint density at radius 2 is 1.58 bits per heavy atom. The summed E-state index contributed by atoms with van der Waals surface area (Å²) in [4.78, 5) is 24.8. The fourth-order valence-electron chi connectivity index (χ4n) is 3.26. The number of carbonyl (C=O) groups is 2. The molecule has 0 radical (unpaired) electrons. The first-order valence-corrected chi connectivity index (χ1v) is 11.0. The molecular weight excluding hydrogens is 464 g/mol. The van der Waals surface area contributed by atoms with Crippen molar-refractivity contribution in [3.63, 3.8) is 0 Å². The van der Waals surface area contributed by atoms with Crippen LogP contribution in [-0.2, 0) is 4.79 Å². The number of amides is 1. The van der Waals surface area contributed by atoms with Crippen molar-refractivity contribution in [2.45, 2.75) is 13.8 Å². The Morgan fingerprint density at radius 1 is 0.889 bits per heavy atom. The largest absolute Gasteiger partial charge is 0.493 e. The van der Waals surface area contributed by atoms with E-state index in [4.69, 9.17) is 23.7 Å². The van der Waals surface area contributed by atoms with E-state index < -0.39 is 11.9 Å². The van der Waals surface area contributed by atoms with Crippen LogP contribution in [0.5, 0.6) is 28.7 Å². The highest BCUT2D eigenvalue weighted by atomic mass is 16.5. The zero-order chi connectivity index (χ0) is 26.1. The molecule has 9 nitrogen and oxygen atoms in total. The molecule has 9 heteroatoms. The Labute approximate surface area is 209 Å². The molecule has 188 valence electrons. The van der Waals surface area contributed by atoms with Crippen molar-refractivity contribution in [3.8, 4) is 28.7 Å². The van der Waals surface area contributed by atoms with Gasteiger partial charge in [-0.05, 0) is 60.9 Å². The Hall–Kier alpha value is -4.53. The maximum Gasteiger partial charge on any atom is 0.343 e. The SMILES string of the molecule is COc1cc(C(=O)Oc2cccc(/C=N/NC(=O)COc3cccc(C)c3C)c2)cc(OC)c1OC. The summed E-state index contributed by atoms with van der Waals surface area (Å²) in [6.07, 6.45) is 1.44. The minimum atomic E-state index is -0.611. The predicted octanol–water partition coefficient (Wildman–Crippen LogP) is 4.08. The van der Waals surface area contributed by atoms with Crippen molar-refractivity contribution in [1.82, 2.24) is 5.43 Å². The third kappa shape index (κ3) is 6.53. The number of nitrogens with one attached hydrogen (secondary N) is 1. The smallest absolute Gasteiger partial charge is 0.343 e. The summed E-state index contributed by atoms with van der Waals surface area (Å²) in [5.74, 6) is 0.968. The molecule has 1 N–H and O–H groups in total. The quantitative estimate of drug-likeness (QED) is 0.197. The third-order valence-electron chi connectivity index (χ3n) is 5.29. The highest BCUT2D eigenvalue weighted by molar-refractivity contribution is 5.93. The number of rotatable bonds is 10. The van der Waals surface area contributed by atoms with Gasteiger partial charge in [0.25, 0.3) is 5.91 Å². The number of hydrogen-bond donors (Lipinski definition) is 1. The number of benzene rings is 3. The third-order valence-corrected chi connectivity index (χ3v) is 5.29. The summed E-state index contributed by atoms with van der Waals surface area (Å²) in [7, 11) is 4.40. The molecule has 0 aliphatic heterocycles. The van der Waals surface area contributed by atoms with Crippen LogP contribution < -0.4 is 29.1 Å². The number of carbonyl (C=O) groups excluding carboxylic acids is 2. The molecule has 0 aliphatic carbocycles. The van der Waals surface area contributed by atoms with E-state index in [-0.39, 0.29) is 12.2 Å². The second-order valence-corrected chi connectivity index (χ2v) is 7.66. The van der Waals surface area contributed by atoms with Gasteiger partial charge in [-0.25, -0.2) is 10.2 Å². The molecule has 0 spiro atoms. The van der Waals surface area contributed by atoms with Crippen molar-refractivity contribution in [1.29, 1.82) is 0 Å². The van der Waals surface area contributed by atoms with Gasteiger partial charge in [0.05, 0.1) is 33.1 Å². The van der Waals surface area contributed by atoms with Gasteiger partial charge in [-0.15, -0.1) is 0 Å². The molecule has 0 aliphatic rings. The van der Waals surface area contributed by atoms with Crippen LogP contribution >= 0.6 is 0 Å². The molecule has 0 saturated carbocycles. The van der Waals surface area contributed by atoms with E-state index in [2.05, 4.69) is 10.5 Å². The first kappa shape index (κ1) is 26.1. The first-order valence-electron chi connectivity index (χ1n) is 11.0. The number of aryl methyl sites for hydroxylation is 1. The lowest BCUT2D eigenvalue weighted by Gasteiger charge is -2.13. The van der Waals surface area contributed by atoms with Gasteiger partial charge < -0.3 is 23.7 Å². The molecule has 0 aromatic heterocycles. The number of nitrogens with zero attached hydrogens (tertiary/aromatic N) is 1. The summed E-state index contributed by atoms with van der Waals surface area (Å²) >= 11 is 0. The van der Waals surface area contributed by atoms with Crippen molar-refractivity contribution >= 4 is 18.1 Å². The summed E-state index contributed by atoms with van der Waals surface area (Å²) in [5.41, 5.74) is 5.31. The molecule has 36 heavy (non-hydrogen) atoms. The van der Waals surface area contributed by atoms with Crippen LogP contribution in [0.2, 0.25) is 0 Å². The lowest BCUT2D eigenvalue weighted by molar-refractivity contribution is -0.123. The van der Waals surface area contributed by atoms with Crippen molar-refractivity contribution in [2.75, 3.05) is 27.9 Å². The monoisotopic (exact) mass is 492 g/mol. The van der Waals surface area contributed by atoms with Gasteiger partial charge in [-0.1, -0.05) is 24.3 Å². The Morgan fingerprint density at radius 3 is 2.25 bits per heavy atom. The van der Waals surface area contributed by atoms with Crippen molar-refractivity contribution in [3.05, 3.63) is 76.9 Å². The molecule has 3 rings (SSSR count). The van der Waals surface area contributed by atoms with E-state index in [1.165, 1.54) is 39.7 Å². The topological polar surface area (TPSA) is 105 Å². The average Bonchev–Trinajstić information content (AvgIpc) is 2.88. The molecule has 3 aromatic carbocycles. The summed E-state index contributed by atoms with van der Waals surface area (Å²) in [6.45, 7) is 3.74. The fraction of sp³-hybridized carbons (Fsp3) is 0.222. The van der Waals surface area contributed by atoms with Crippen LogP contribution in [0, 0.1) is 13.8 Å². The van der Waals surface area contributed by atoms with Gasteiger partial charge in [0.15, 0.2) is 18.1 Å². The maximum absolute atomic E-state index is 12.7. The predicted molar refractivity (Wildman–Crippen MR) is 135 cm³/mol. The fourth-order valence-corrected chi connectivity index (χ4v) is 3.26. The van der Waals surface area contributed by atoms with E-state index >= 15 is 0 Å². The molecule has 0 bridgehead atoms. The highest BCUT2D eigenvalue weighted by Gasteiger charge is 2.18. The number of hydrogen-bond acceptors (Lipinski definition) is 8. The molecule has 0 unspecified atom stereocenters. The minimum absolute atomic E-state index is 0.173. The second kappa shape index (κ2) is 12.3. The second-order valence-electron chi connectivity index (χ2n) is 7.66. The molecular formula is C27H28N2O7. The van der Waals surface area contributed by atoms with Gasteiger partial charge in [-0.3, -0.25) is 4.79 Å². The molecule has 1 amide bonds. The Bertz CT molecular complexity index is 1250.